The maximum Gasteiger partial charge on any atom is 0.253 e. The number of nitrogens with zero attached hydrogens (tertiary/aromatic N) is 1. The Hall–Kier alpha value is -1.89. The zero-order valence-corrected chi connectivity index (χ0v) is 15.3. The van der Waals surface area contributed by atoms with Crippen LogP contribution in [0, 0.1) is 5.92 Å². The van der Waals surface area contributed by atoms with Gasteiger partial charge in [-0.1, -0.05) is 15.9 Å². The predicted octanol–water partition coefficient (Wildman–Crippen LogP) is 1.55. The van der Waals surface area contributed by atoms with E-state index in [9.17, 15) is 14.4 Å². The molecule has 0 aromatic heterocycles. The fourth-order valence-electron chi connectivity index (χ4n) is 2.69. The quantitative estimate of drug-likeness (QED) is 0.742. The maximum atomic E-state index is 12.4. The summed E-state index contributed by atoms with van der Waals surface area (Å²) >= 11 is 3.36. The molecule has 3 amide bonds. The average Bonchev–Trinajstić information content (AvgIpc) is 2.58. The monoisotopic (exact) mass is 395 g/mol. The fourth-order valence-corrected chi connectivity index (χ4v) is 2.95. The summed E-state index contributed by atoms with van der Waals surface area (Å²) in [5.74, 6) is -0.177. The number of carbonyl (C=O) groups excluding carboxylic acids is 3. The summed E-state index contributed by atoms with van der Waals surface area (Å²) < 4.78 is 0.939. The molecule has 1 aromatic carbocycles. The normalized spacial score (nSPS) is 15.0. The van der Waals surface area contributed by atoms with Crippen LogP contribution in [-0.4, -0.2) is 48.8 Å². The molecule has 6 nitrogen and oxygen atoms in total. The van der Waals surface area contributed by atoms with Crippen LogP contribution in [-0.2, 0) is 9.59 Å². The Kier molecular flexibility index (Phi) is 6.78. The van der Waals surface area contributed by atoms with Crippen molar-refractivity contribution >= 4 is 33.7 Å². The van der Waals surface area contributed by atoms with E-state index in [2.05, 4.69) is 26.6 Å². The van der Waals surface area contributed by atoms with Crippen molar-refractivity contribution in [2.75, 3.05) is 26.2 Å². The summed E-state index contributed by atoms with van der Waals surface area (Å²) in [5.41, 5.74) is 0.663. The van der Waals surface area contributed by atoms with Crippen LogP contribution >= 0.6 is 15.9 Å². The Morgan fingerprint density at radius 1 is 1.08 bits per heavy atom. The summed E-state index contributed by atoms with van der Waals surface area (Å²) in [6, 6.07) is 7.30. The van der Waals surface area contributed by atoms with E-state index in [0.29, 0.717) is 44.6 Å². The summed E-state index contributed by atoms with van der Waals surface area (Å²) in [5, 5.41) is 5.47. The lowest BCUT2D eigenvalue weighted by Gasteiger charge is -2.31. The van der Waals surface area contributed by atoms with Gasteiger partial charge < -0.3 is 15.5 Å². The van der Waals surface area contributed by atoms with E-state index in [0.717, 1.165) is 4.47 Å². The maximum absolute atomic E-state index is 12.4. The third-order valence-electron chi connectivity index (χ3n) is 4.04. The number of likely N-dealkylation sites (tertiary alicyclic amines) is 1. The van der Waals surface area contributed by atoms with Crippen molar-refractivity contribution in [3.05, 3.63) is 34.3 Å². The Balaban J connectivity index is 1.76. The van der Waals surface area contributed by atoms with Crippen LogP contribution in [0.4, 0.5) is 0 Å². The van der Waals surface area contributed by atoms with Gasteiger partial charge in [0.15, 0.2) is 0 Å². The van der Waals surface area contributed by atoms with Gasteiger partial charge in [-0.2, -0.15) is 0 Å². The smallest absolute Gasteiger partial charge is 0.253 e. The molecule has 2 N–H and O–H groups in total. The number of rotatable bonds is 5. The highest BCUT2D eigenvalue weighted by Gasteiger charge is 2.27. The molecule has 1 aliphatic heterocycles. The van der Waals surface area contributed by atoms with Gasteiger partial charge in [0.1, 0.15) is 0 Å². The van der Waals surface area contributed by atoms with Crippen molar-refractivity contribution in [2.45, 2.75) is 19.8 Å². The molecule has 1 saturated heterocycles. The molecule has 2 rings (SSSR count). The molecule has 0 bridgehead atoms. The second-order valence-corrected chi connectivity index (χ2v) is 6.76. The molecule has 1 heterocycles. The first-order valence-electron chi connectivity index (χ1n) is 8.04. The van der Waals surface area contributed by atoms with Crippen LogP contribution in [0.3, 0.4) is 0 Å². The number of hydrogen-bond donors (Lipinski definition) is 2. The number of halogens is 1. The minimum Gasteiger partial charge on any atom is -0.355 e. The van der Waals surface area contributed by atoms with E-state index < -0.39 is 0 Å². The standard InChI is InChI=1S/C17H22BrN3O3/c1-12(22)19-8-9-20-16(23)13-6-10-21(11-7-13)17(24)14-2-4-15(18)5-3-14/h2-5,13H,6-11H2,1H3,(H,19,22)(H,20,23). The number of nitrogens with one attached hydrogen (secondary N) is 2. The SMILES string of the molecule is CC(=O)NCCNC(=O)C1CCN(C(=O)c2ccc(Br)cc2)CC1. The topological polar surface area (TPSA) is 78.5 Å². The minimum absolute atomic E-state index is 0.00362. The number of piperidine rings is 1. The largest absolute Gasteiger partial charge is 0.355 e. The minimum atomic E-state index is -0.107. The molecule has 130 valence electrons. The van der Waals surface area contributed by atoms with E-state index in [-0.39, 0.29) is 23.6 Å². The van der Waals surface area contributed by atoms with Crippen molar-refractivity contribution in [1.82, 2.24) is 15.5 Å². The molecule has 1 aliphatic rings. The van der Waals surface area contributed by atoms with E-state index in [1.165, 1.54) is 6.92 Å². The molecule has 7 heteroatoms. The number of amides is 3. The highest BCUT2D eigenvalue weighted by Crippen LogP contribution is 2.20. The van der Waals surface area contributed by atoms with Crippen LogP contribution < -0.4 is 10.6 Å². The lowest BCUT2D eigenvalue weighted by Crippen LogP contribution is -2.44. The van der Waals surface area contributed by atoms with Gasteiger partial charge in [0.05, 0.1) is 0 Å². The van der Waals surface area contributed by atoms with Gasteiger partial charge in [0.2, 0.25) is 11.8 Å². The Bertz CT molecular complexity index is 596. The molecule has 0 unspecified atom stereocenters. The van der Waals surface area contributed by atoms with Gasteiger partial charge in [0.25, 0.3) is 5.91 Å². The van der Waals surface area contributed by atoms with Gasteiger partial charge in [-0.05, 0) is 37.1 Å². The fraction of sp³-hybridized carbons (Fsp3) is 0.471. The number of hydrogen-bond acceptors (Lipinski definition) is 3. The lowest BCUT2D eigenvalue weighted by atomic mass is 9.95. The summed E-state index contributed by atoms with van der Waals surface area (Å²) in [6.07, 6.45) is 1.32. The van der Waals surface area contributed by atoms with Crippen molar-refractivity contribution in [3.63, 3.8) is 0 Å². The van der Waals surface area contributed by atoms with Crippen LogP contribution in [0.2, 0.25) is 0 Å². The van der Waals surface area contributed by atoms with Crippen molar-refractivity contribution in [3.8, 4) is 0 Å². The summed E-state index contributed by atoms with van der Waals surface area (Å²) in [7, 11) is 0. The molecule has 0 saturated carbocycles. The van der Waals surface area contributed by atoms with Crippen LogP contribution in [0.1, 0.15) is 30.1 Å². The highest BCUT2D eigenvalue weighted by atomic mass is 79.9. The molecule has 1 fully saturated rings. The zero-order chi connectivity index (χ0) is 17.5. The summed E-state index contributed by atoms with van der Waals surface area (Å²) in [6.45, 7) is 3.47. The van der Waals surface area contributed by atoms with Crippen molar-refractivity contribution in [2.24, 2.45) is 5.92 Å². The summed E-state index contributed by atoms with van der Waals surface area (Å²) in [4.78, 5) is 37.1. The van der Waals surface area contributed by atoms with Crippen LogP contribution in [0.15, 0.2) is 28.7 Å². The molecule has 24 heavy (non-hydrogen) atoms. The molecule has 0 aliphatic carbocycles. The zero-order valence-electron chi connectivity index (χ0n) is 13.7. The molecular weight excluding hydrogens is 374 g/mol. The molecular formula is C17H22BrN3O3. The number of carbonyl (C=O) groups is 3. The molecule has 0 radical (unpaired) electrons. The van der Waals surface area contributed by atoms with Gasteiger partial charge in [0, 0.05) is 49.1 Å². The van der Waals surface area contributed by atoms with Crippen LogP contribution in [0.5, 0.6) is 0 Å². The van der Waals surface area contributed by atoms with Crippen molar-refractivity contribution < 1.29 is 14.4 Å². The van der Waals surface area contributed by atoms with Crippen LogP contribution in [0.25, 0.3) is 0 Å². The molecule has 0 atom stereocenters. The Morgan fingerprint density at radius 3 is 2.25 bits per heavy atom. The van der Waals surface area contributed by atoms with Gasteiger partial charge >= 0.3 is 0 Å². The number of benzene rings is 1. The molecule has 1 aromatic rings. The molecule has 0 spiro atoms. The van der Waals surface area contributed by atoms with E-state index in [1.54, 1.807) is 17.0 Å². The first-order chi connectivity index (χ1) is 11.5. The second-order valence-electron chi connectivity index (χ2n) is 5.85. The lowest BCUT2D eigenvalue weighted by molar-refractivity contribution is -0.126. The van der Waals surface area contributed by atoms with Crippen molar-refractivity contribution in [1.29, 1.82) is 0 Å². The van der Waals surface area contributed by atoms with E-state index in [1.807, 2.05) is 12.1 Å². The van der Waals surface area contributed by atoms with Gasteiger partial charge in [-0.15, -0.1) is 0 Å². The van der Waals surface area contributed by atoms with E-state index in [4.69, 9.17) is 0 Å². The second kappa shape index (κ2) is 8.82. The van der Waals surface area contributed by atoms with Gasteiger partial charge in [-0.3, -0.25) is 14.4 Å². The first kappa shape index (κ1) is 18.4. The highest BCUT2D eigenvalue weighted by molar-refractivity contribution is 9.10. The first-order valence-corrected chi connectivity index (χ1v) is 8.83. The third kappa shape index (κ3) is 5.33. The predicted molar refractivity (Wildman–Crippen MR) is 94.5 cm³/mol. The van der Waals surface area contributed by atoms with Gasteiger partial charge in [-0.25, -0.2) is 0 Å². The Labute approximate surface area is 150 Å². The average molecular weight is 396 g/mol. The Morgan fingerprint density at radius 2 is 1.67 bits per heavy atom. The van der Waals surface area contributed by atoms with E-state index >= 15 is 0 Å². The third-order valence-corrected chi connectivity index (χ3v) is 4.57.